The van der Waals surface area contributed by atoms with Crippen LogP contribution in [-0.4, -0.2) is 12.8 Å². The molecule has 0 bridgehead atoms. The molecule has 0 aliphatic carbocycles. The molecule has 0 fully saturated rings. The highest BCUT2D eigenvalue weighted by molar-refractivity contribution is 7.98. The average Bonchev–Trinajstić information content (AvgIpc) is 2.46. The molecule has 0 radical (unpaired) electrons. The number of hydrogen-bond acceptors (Lipinski definition) is 3. The minimum Gasteiger partial charge on any atom is -0.484 e. The van der Waals surface area contributed by atoms with Gasteiger partial charge in [0, 0.05) is 11.4 Å². The Morgan fingerprint density at radius 3 is 2.37 bits per heavy atom. The van der Waals surface area contributed by atoms with Gasteiger partial charge in [0.1, 0.15) is 11.9 Å². The summed E-state index contributed by atoms with van der Waals surface area (Å²) in [5.74, 6) is 0.858. The van der Waals surface area contributed by atoms with Gasteiger partial charge >= 0.3 is 0 Å². The highest BCUT2D eigenvalue weighted by Crippen LogP contribution is 2.25. The maximum absolute atomic E-state index is 6.00. The van der Waals surface area contributed by atoms with Gasteiger partial charge in [-0.15, -0.1) is 11.8 Å². The minimum atomic E-state index is -0.0960. The van der Waals surface area contributed by atoms with Crippen molar-refractivity contribution < 1.29 is 4.74 Å². The van der Waals surface area contributed by atoms with E-state index in [9.17, 15) is 0 Å². The van der Waals surface area contributed by atoms with Crippen molar-refractivity contribution in [3.05, 3.63) is 59.7 Å². The molecule has 2 nitrogen and oxygen atoms in total. The van der Waals surface area contributed by atoms with Gasteiger partial charge in [0.15, 0.2) is 0 Å². The van der Waals surface area contributed by atoms with E-state index in [1.54, 1.807) is 11.8 Å². The van der Waals surface area contributed by atoms with Crippen LogP contribution in [0.2, 0.25) is 0 Å². The lowest BCUT2D eigenvalue weighted by Crippen LogP contribution is -2.19. The predicted octanol–water partition coefficient (Wildman–Crippen LogP) is 3.80. The summed E-state index contributed by atoms with van der Waals surface area (Å²) in [4.78, 5) is 1.23. The Kier molecular flexibility index (Phi) is 4.88. The third-order valence-electron chi connectivity index (χ3n) is 3.09. The average molecular weight is 273 g/mol. The highest BCUT2D eigenvalue weighted by atomic mass is 32.2. The van der Waals surface area contributed by atoms with Gasteiger partial charge in [-0.2, -0.15) is 0 Å². The Morgan fingerprint density at radius 2 is 1.79 bits per heavy atom. The standard InChI is InChI=1S/C16H19NOS/c1-12-5-3-4-6-15(12)16(11-17)18-13-7-9-14(19-2)10-8-13/h3-10,16H,11,17H2,1-2H3. The Balaban J connectivity index is 2.17. The fourth-order valence-electron chi connectivity index (χ4n) is 2.01. The van der Waals surface area contributed by atoms with Crippen molar-refractivity contribution in [3.8, 4) is 5.75 Å². The largest absolute Gasteiger partial charge is 0.484 e. The Hall–Kier alpha value is -1.45. The van der Waals surface area contributed by atoms with Gasteiger partial charge in [0.05, 0.1) is 0 Å². The van der Waals surface area contributed by atoms with Crippen LogP contribution >= 0.6 is 11.8 Å². The van der Waals surface area contributed by atoms with Gasteiger partial charge in [-0.25, -0.2) is 0 Å². The molecule has 2 aromatic carbocycles. The molecule has 0 aliphatic heterocycles. The SMILES string of the molecule is CSc1ccc(OC(CN)c2ccccc2C)cc1. The zero-order chi connectivity index (χ0) is 13.7. The van der Waals surface area contributed by atoms with Crippen LogP contribution < -0.4 is 10.5 Å². The second kappa shape index (κ2) is 6.64. The molecular formula is C16H19NOS. The van der Waals surface area contributed by atoms with Crippen LogP contribution in [0.4, 0.5) is 0 Å². The number of ether oxygens (including phenoxy) is 1. The first kappa shape index (κ1) is 14.0. The minimum absolute atomic E-state index is 0.0960. The van der Waals surface area contributed by atoms with Gasteiger partial charge in [0.2, 0.25) is 0 Å². The number of aryl methyl sites for hydroxylation is 1. The number of thioether (sulfide) groups is 1. The third kappa shape index (κ3) is 3.52. The molecule has 0 saturated heterocycles. The van der Waals surface area contributed by atoms with E-state index in [4.69, 9.17) is 10.5 Å². The maximum Gasteiger partial charge on any atom is 0.136 e. The summed E-state index contributed by atoms with van der Waals surface area (Å²) in [6.45, 7) is 2.55. The van der Waals surface area contributed by atoms with Crippen LogP contribution in [-0.2, 0) is 0 Å². The molecule has 0 amide bonds. The zero-order valence-corrected chi connectivity index (χ0v) is 12.1. The van der Waals surface area contributed by atoms with E-state index in [0.717, 1.165) is 11.3 Å². The van der Waals surface area contributed by atoms with Gasteiger partial charge in [-0.3, -0.25) is 0 Å². The Bertz CT molecular complexity index is 525. The smallest absolute Gasteiger partial charge is 0.136 e. The van der Waals surface area contributed by atoms with Crippen molar-refractivity contribution in [2.75, 3.05) is 12.8 Å². The molecule has 2 rings (SSSR count). The molecule has 19 heavy (non-hydrogen) atoms. The topological polar surface area (TPSA) is 35.2 Å². The molecule has 3 heteroatoms. The van der Waals surface area contributed by atoms with E-state index < -0.39 is 0 Å². The van der Waals surface area contributed by atoms with Crippen molar-refractivity contribution in [1.29, 1.82) is 0 Å². The van der Waals surface area contributed by atoms with Gasteiger partial charge in [-0.05, 0) is 48.6 Å². The van der Waals surface area contributed by atoms with Crippen LogP contribution in [0.25, 0.3) is 0 Å². The molecule has 100 valence electrons. The number of rotatable bonds is 5. The molecule has 0 saturated carbocycles. The van der Waals surface area contributed by atoms with Crippen LogP contribution in [0.1, 0.15) is 17.2 Å². The summed E-state index contributed by atoms with van der Waals surface area (Å²) in [6, 6.07) is 16.3. The summed E-state index contributed by atoms with van der Waals surface area (Å²) in [5, 5.41) is 0. The van der Waals surface area contributed by atoms with Crippen molar-refractivity contribution >= 4 is 11.8 Å². The summed E-state index contributed by atoms with van der Waals surface area (Å²) in [7, 11) is 0. The highest BCUT2D eigenvalue weighted by Gasteiger charge is 2.13. The molecule has 0 heterocycles. The van der Waals surface area contributed by atoms with Crippen LogP contribution in [0, 0.1) is 6.92 Å². The summed E-state index contributed by atoms with van der Waals surface area (Å²) < 4.78 is 6.00. The molecule has 0 spiro atoms. The van der Waals surface area contributed by atoms with Gasteiger partial charge in [-0.1, -0.05) is 24.3 Å². The zero-order valence-electron chi connectivity index (χ0n) is 11.3. The van der Waals surface area contributed by atoms with E-state index in [2.05, 4.69) is 37.4 Å². The monoisotopic (exact) mass is 273 g/mol. The maximum atomic E-state index is 6.00. The Morgan fingerprint density at radius 1 is 1.11 bits per heavy atom. The number of hydrogen-bond donors (Lipinski definition) is 1. The molecule has 1 atom stereocenters. The van der Waals surface area contributed by atoms with Crippen LogP contribution in [0.15, 0.2) is 53.4 Å². The van der Waals surface area contributed by atoms with Crippen molar-refractivity contribution in [1.82, 2.24) is 0 Å². The molecule has 1 unspecified atom stereocenters. The van der Waals surface area contributed by atoms with Crippen molar-refractivity contribution in [3.63, 3.8) is 0 Å². The molecule has 0 aliphatic rings. The lowest BCUT2D eigenvalue weighted by atomic mass is 10.0. The summed E-state index contributed by atoms with van der Waals surface area (Å²) in [5.41, 5.74) is 8.21. The lowest BCUT2D eigenvalue weighted by Gasteiger charge is -2.19. The van der Waals surface area contributed by atoms with Gasteiger partial charge in [0.25, 0.3) is 0 Å². The van der Waals surface area contributed by atoms with E-state index >= 15 is 0 Å². The normalized spacial score (nSPS) is 12.2. The van der Waals surface area contributed by atoms with E-state index in [1.807, 2.05) is 24.3 Å². The van der Waals surface area contributed by atoms with E-state index in [1.165, 1.54) is 10.5 Å². The van der Waals surface area contributed by atoms with Gasteiger partial charge < -0.3 is 10.5 Å². The summed E-state index contributed by atoms with van der Waals surface area (Å²) >= 11 is 1.72. The first-order valence-corrected chi connectivity index (χ1v) is 7.53. The second-order valence-electron chi connectivity index (χ2n) is 4.37. The van der Waals surface area contributed by atoms with E-state index in [-0.39, 0.29) is 6.10 Å². The van der Waals surface area contributed by atoms with Crippen molar-refractivity contribution in [2.24, 2.45) is 5.73 Å². The Labute approximate surface area is 119 Å². The molecular weight excluding hydrogens is 254 g/mol. The number of nitrogens with two attached hydrogens (primary N) is 1. The molecule has 2 aromatic rings. The van der Waals surface area contributed by atoms with Crippen LogP contribution in [0.3, 0.4) is 0 Å². The fourth-order valence-corrected chi connectivity index (χ4v) is 2.41. The van der Waals surface area contributed by atoms with Crippen LogP contribution in [0.5, 0.6) is 5.75 Å². The quantitative estimate of drug-likeness (QED) is 0.842. The molecule has 0 aromatic heterocycles. The lowest BCUT2D eigenvalue weighted by molar-refractivity contribution is 0.213. The second-order valence-corrected chi connectivity index (χ2v) is 5.25. The molecule has 2 N–H and O–H groups in total. The summed E-state index contributed by atoms with van der Waals surface area (Å²) in [6.07, 6.45) is 1.97. The fraction of sp³-hybridized carbons (Fsp3) is 0.250. The third-order valence-corrected chi connectivity index (χ3v) is 3.83. The predicted molar refractivity (Wildman–Crippen MR) is 81.8 cm³/mol. The first-order valence-electron chi connectivity index (χ1n) is 6.31. The number of benzene rings is 2. The van der Waals surface area contributed by atoms with Crippen molar-refractivity contribution in [2.45, 2.75) is 17.9 Å². The van der Waals surface area contributed by atoms with E-state index in [0.29, 0.717) is 6.54 Å². The first-order chi connectivity index (χ1) is 9.24.